The number of hydrogen-bond acceptors (Lipinski definition) is 4. The van der Waals surface area contributed by atoms with E-state index < -0.39 is 11.9 Å². The Morgan fingerprint density at radius 3 is 2.79 bits per heavy atom. The zero-order valence-corrected chi connectivity index (χ0v) is 13.3. The van der Waals surface area contributed by atoms with E-state index in [1.165, 1.54) is 0 Å². The van der Waals surface area contributed by atoms with E-state index in [9.17, 15) is 9.59 Å². The van der Waals surface area contributed by atoms with Crippen molar-refractivity contribution in [1.82, 2.24) is 19.7 Å². The van der Waals surface area contributed by atoms with Gasteiger partial charge in [-0.1, -0.05) is 18.2 Å². The fourth-order valence-corrected chi connectivity index (χ4v) is 3.02. The van der Waals surface area contributed by atoms with Crippen LogP contribution in [0.1, 0.15) is 25.1 Å². The maximum absolute atomic E-state index is 12.4. The fraction of sp³-hybridized carbons (Fsp3) is 0.412. The molecular formula is C17H20N4O3. The van der Waals surface area contributed by atoms with Crippen molar-refractivity contribution >= 4 is 11.9 Å². The second-order valence-corrected chi connectivity index (χ2v) is 5.97. The van der Waals surface area contributed by atoms with Crippen molar-refractivity contribution in [3.63, 3.8) is 0 Å². The van der Waals surface area contributed by atoms with Crippen LogP contribution in [-0.2, 0) is 16.0 Å². The van der Waals surface area contributed by atoms with E-state index >= 15 is 0 Å². The second kappa shape index (κ2) is 7.25. The largest absolute Gasteiger partial charge is 0.481 e. The molecular weight excluding hydrogens is 308 g/mol. The lowest BCUT2D eigenvalue weighted by Crippen LogP contribution is -2.42. The molecule has 0 saturated carbocycles. The maximum atomic E-state index is 12.4. The Morgan fingerprint density at radius 2 is 2.04 bits per heavy atom. The van der Waals surface area contributed by atoms with Gasteiger partial charge in [0.2, 0.25) is 5.91 Å². The van der Waals surface area contributed by atoms with Crippen molar-refractivity contribution in [3.8, 4) is 5.69 Å². The monoisotopic (exact) mass is 328 g/mol. The molecule has 1 aliphatic rings. The molecule has 7 heteroatoms. The first-order valence-electron chi connectivity index (χ1n) is 8.10. The first kappa shape index (κ1) is 16.2. The number of aryl methyl sites for hydroxylation is 1. The minimum Gasteiger partial charge on any atom is -0.481 e. The Balaban J connectivity index is 1.61. The molecule has 1 aromatic heterocycles. The summed E-state index contributed by atoms with van der Waals surface area (Å²) in [5, 5.41) is 17.2. The molecule has 1 aromatic carbocycles. The zero-order valence-electron chi connectivity index (χ0n) is 13.3. The molecule has 1 aliphatic heterocycles. The van der Waals surface area contributed by atoms with E-state index in [0.717, 1.165) is 17.9 Å². The quantitative estimate of drug-likeness (QED) is 0.899. The minimum atomic E-state index is -0.823. The van der Waals surface area contributed by atoms with E-state index in [-0.39, 0.29) is 5.91 Å². The summed E-state index contributed by atoms with van der Waals surface area (Å²) >= 11 is 0. The van der Waals surface area contributed by atoms with Gasteiger partial charge in [0.25, 0.3) is 0 Å². The number of carbonyl (C=O) groups excluding carboxylic acids is 1. The second-order valence-electron chi connectivity index (χ2n) is 5.97. The van der Waals surface area contributed by atoms with Crippen LogP contribution in [0.2, 0.25) is 0 Å². The fourth-order valence-electron chi connectivity index (χ4n) is 3.02. The van der Waals surface area contributed by atoms with Crippen LogP contribution in [0.4, 0.5) is 0 Å². The van der Waals surface area contributed by atoms with Crippen molar-refractivity contribution in [3.05, 3.63) is 42.5 Å². The predicted octanol–water partition coefficient (Wildman–Crippen LogP) is 1.52. The van der Waals surface area contributed by atoms with Crippen molar-refractivity contribution in [2.45, 2.75) is 25.7 Å². The summed E-state index contributed by atoms with van der Waals surface area (Å²) < 4.78 is 1.86. The maximum Gasteiger partial charge on any atom is 0.308 e. The van der Waals surface area contributed by atoms with E-state index in [1.807, 2.05) is 34.9 Å². The molecule has 0 bridgehead atoms. The predicted molar refractivity (Wildman–Crippen MR) is 86.6 cm³/mol. The Hall–Kier alpha value is -2.70. The number of aliphatic carboxylic acids is 1. The molecule has 2 aromatic rings. The molecule has 0 spiro atoms. The van der Waals surface area contributed by atoms with Gasteiger partial charge in [-0.15, -0.1) is 10.2 Å². The van der Waals surface area contributed by atoms with Crippen LogP contribution in [0, 0.1) is 5.92 Å². The number of rotatable bonds is 5. The Bertz CT molecular complexity index is 714. The van der Waals surface area contributed by atoms with Crippen LogP contribution in [0.3, 0.4) is 0 Å². The van der Waals surface area contributed by atoms with Gasteiger partial charge in [-0.2, -0.15) is 0 Å². The van der Waals surface area contributed by atoms with Gasteiger partial charge in [-0.25, -0.2) is 0 Å². The standard InChI is InChI=1S/C17H20N4O3/c22-16(20-10-4-5-13(11-20)17(23)24)9-8-15-19-18-12-21(15)14-6-2-1-3-7-14/h1-3,6-7,12-13H,4-5,8-11H2,(H,23,24). The summed E-state index contributed by atoms with van der Waals surface area (Å²) in [4.78, 5) is 25.2. The third kappa shape index (κ3) is 3.61. The number of carbonyl (C=O) groups is 2. The molecule has 2 heterocycles. The SMILES string of the molecule is O=C(O)C1CCCN(C(=O)CCc2nncn2-c2ccccc2)C1. The lowest BCUT2D eigenvalue weighted by Gasteiger charge is -2.30. The van der Waals surface area contributed by atoms with Crippen molar-refractivity contribution in [1.29, 1.82) is 0 Å². The molecule has 1 amide bonds. The number of hydrogen-bond donors (Lipinski definition) is 1. The van der Waals surface area contributed by atoms with Gasteiger partial charge in [0, 0.05) is 31.6 Å². The molecule has 24 heavy (non-hydrogen) atoms. The molecule has 7 nitrogen and oxygen atoms in total. The number of amides is 1. The zero-order chi connectivity index (χ0) is 16.9. The number of carboxylic acid groups (broad SMARTS) is 1. The van der Waals surface area contributed by atoms with E-state index in [2.05, 4.69) is 10.2 Å². The molecule has 0 aliphatic carbocycles. The normalized spacial score (nSPS) is 17.7. The van der Waals surface area contributed by atoms with Gasteiger partial charge in [0.15, 0.2) is 0 Å². The third-order valence-electron chi connectivity index (χ3n) is 4.34. The molecule has 1 saturated heterocycles. The average molecular weight is 328 g/mol. The van der Waals surface area contributed by atoms with Crippen molar-refractivity contribution < 1.29 is 14.7 Å². The molecule has 1 fully saturated rings. The number of piperidine rings is 1. The topological polar surface area (TPSA) is 88.3 Å². The van der Waals surface area contributed by atoms with Crippen LogP contribution >= 0.6 is 0 Å². The smallest absolute Gasteiger partial charge is 0.308 e. The highest BCUT2D eigenvalue weighted by molar-refractivity contribution is 5.78. The van der Waals surface area contributed by atoms with Gasteiger partial charge < -0.3 is 10.0 Å². The molecule has 1 unspecified atom stereocenters. The van der Waals surface area contributed by atoms with Gasteiger partial charge in [-0.05, 0) is 25.0 Å². The Labute approximate surface area is 139 Å². The number of nitrogens with zero attached hydrogens (tertiary/aromatic N) is 4. The van der Waals surface area contributed by atoms with Gasteiger partial charge in [0.05, 0.1) is 5.92 Å². The first-order chi connectivity index (χ1) is 11.6. The summed E-state index contributed by atoms with van der Waals surface area (Å²) in [5.41, 5.74) is 0.953. The summed E-state index contributed by atoms with van der Waals surface area (Å²) in [6.45, 7) is 0.938. The highest BCUT2D eigenvalue weighted by atomic mass is 16.4. The molecule has 1 N–H and O–H groups in total. The number of aromatic nitrogens is 3. The van der Waals surface area contributed by atoms with Gasteiger partial charge >= 0.3 is 5.97 Å². The van der Waals surface area contributed by atoms with E-state index in [4.69, 9.17) is 5.11 Å². The lowest BCUT2D eigenvalue weighted by molar-refractivity contribution is -0.145. The van der Waals surface area contributed by atoms with Crippen LogP contribution < -0.4 is 0 Å². The van der Waals surface area contributed by atoms with Crippen LogP contribution in [0.5, 0.6) is 0 Å². The summed E-state index contributed by atoms with van der Waals surface area (Å²) in [6, 6.07) is 9.72. The molecule has 3 rings (SSSR count). The molecule has 1 atom stereocenters. The van der Waals surface area contributed by atoms with Crippen molar-refractivity contribution in [2.75, 3.05) is 13.1 Å². The lowest BCUT2D eigenvalue weighted by atomic mass is 9.98. The van der Waals surface area contributed by atoms with Crippen molar-refractivity contribution in [2.24, 2.45) is 5.92 Å². The summed E-state index contributed by atoms with van der Waals surface area (Å²) in [7, 11) is 0. The Morgan fingerprint density at radius 1 is 1.25 bits per heavy atom. The molecule has 0 radical (unpaired) electrons. The Kier molecular flexibility index (Phi) is 4.88. The number of para-hydroxylation sites is 1. The highest BCUT2D eigenvalue weighted by Gasteiger charge is 2.28. The third-order valence-corrected chi connectivity index (χ3v) is 4.34. The van der Waals surface area contributed by atoms with Gasteiger partial charge in [-0.3, -0.25) is 14.2 Å². The van der Waals surface area contributed by atoms with E-state index in [0.29, 0.717) is 32.4 Å². The first-order valence-corrected chi connectivity index (χ1v) is 8.10. The number of benzene rings is 1. The highest BCUT2D eigenvalue weighted by Crippen LogP contribution is 2.18. The number of likely N-dealkylation sites (tertiary alicyclic amines) is 1. The van der Waals surface area contributed by atoms with E-state index in [1.54, 1.807) is 11.2 Å². The van der Waals surface area contributed by atoms with Gasteiger partial charge in [0.1, 0.15) is 12.2 Å². The van der Waals surface area contributed by atoms with Crippen LogP contribution in [-0.4, -0.2) is 49.7 Å². The average Bonchev–Trinajstić information content (AvgIpc) is 3.09. The summed E-state index contributed by atoms with van der Waals surface area (Å²) in [6.07, 6.45) is 3.79. The van der Waals surface area contributed by atoms with Crippen LogP contribution in [0.15, 0.2) is 36.7 Å². The minimum absolute atomic E-state index is 0.0245. The number of carboxylic acids is 1. The van der Waals surface area contributed by atoms with Crippen LogP contribution in [0.25, 0.3) is 5.69 Å². The summed E-state index contributed by atoms with van der Waals surface area (Å²) in [5.74, 6) is -0.572. The molecule has 126 valence electrons.